The fraction of sp³-hybridized carbons (Fsp3) is 0.571. The van der Waals surface area contributed by atoms with Crippen LogP contribution in [0.25, 0.3) is 0 Å². The predicted molar refractivity (Wildman–Crippen MR) is 79.9 cm³/mol. The first-order valence-electron chi connectivity index (χ1n) is 6.66. The Morgan fingerprint density at radius 1 is 1.42 bits per heavy atom. The molecule has 2 unspecified atom stereocenters. The van der Waals surface area contributed by atoms with Gasteiger partial charge in [-0.3, -0.25) is 4.90 Å². The maximum atomic E-state index is 6.32. The van der Waals surface area contributed by atoms with E-state index in [4.69, 9.17) is 33.7 Å². The third-order valence-electron chi connectivity index (χ3n) is 3.70. The number of morpholine rings is 1. The highest BCUT2D eigenvalue weighted by Crippen LogP contribution is 2.35. The SMILES string of the molecule is CCC1COCCN1C(CN)c1c(Cl)cccc1Cl. The van der Waals surface area contributed by atoms with Gasteiger partial charge in [0, 0.05) is 34.7 Å². The first-order chi connectivity index (χ1) is 9.19. The fourth-order valence-corrected chi connectivity index (χ4v) is 3.33. The maximum absolute atomic E-state index is 6.32. The average molecular weight is 303 g/mol. The van der Waals surface area contributed by atoms with Gasteiger partial charge in [0.05, 0.1) is 19.3 Å². The molecule has 0 spiro atoms. The summed E-state index contributed by atoms with van der Waals surface area (Å²) in [5.74, 6) is 0. The summed E-state index contributed by atoms with van der Waals surface area (Å²) in [4.78, 5) is 2.37. The molecule has 0 aromatic heterocycles. The number of nitrogens with zero attached hydrogens (tertiary/aromatic N) is 1. The van der Waals surface area contributed by atoms with Crippen molar-refractivity contribution in [1.82, 2.24) is 4.90 Å². The van der Waals surface area contributed by atoms with Crippen LogP contribution in [0.3, 0.4) is 0 Å². The minimum Gasteiger partial charge on any atom is -0.378 e. The predicted octanol–water partition coefficient (Wildman–Crippen LogP) is 3.10. The van der Waals surface area contributed by atoms with Crippen molar-refractivity contribution in [3.63, 3.8) is 0 Å². The Hall–Kier alpha value is -0.320. The fourth-order valence-electron chi connectivity index (χ4n) is 2.68. The molecule has 5 heteroatoms. The summed E-state index contributed by atoms with van der Waals surface area (Å²) < 4.78 is 5.55. The molecule has 2 rings (SSSR count). The van der Waals surface area contributed by atoms with Crippen molar-refractivity contribution >= 4 is 23.2 Å². The zero-order valence-electron chi connectivity index (χ0n) is 11.1. The third kappa shape index (κ3) is 3.23. The largest absolute Gasteiger partial charge is 0.378 e. The van der Waals surface area contributed by atoms with Gasteiger partial charge in [-0.05, 0) is 18.6 Å². The number of rotatable bonds is 4. The van der Waals surface area contributed by atoms with Gasteiger partial charge in [-0.1, -0.05) is 36.2 Å². The van der Waals surface area contributed by atoms with Gasteiger partial charge in [0.2, 0.25) is 0 Å². The van der Waals surface area contributed by atoms with E-state index in [1.165, 1.54) is 0 Å². The van der Waals surface area contributed by atoms with Crippen LogP contribution in [0.1, 0.15) is 24.9 Å². The van der Waals surface area contributed by atoms with E-state index in [2.05, 4.69) is 11.8 Å². The Morgan fingerprint density at radius 2 is 2.11 bits per heavy atom. The Balaban J connectivity index is 2.33. The quantitative estimate of drug-likeness (QED) is 0.929. The Morgan fingerprint density at radius 3 is 2.68 bits per heavy atom. The molecule has 2 N–H and O–H groups in total. The number of ether oxygens (including phenoxy) is 1. The van der Waals surface area contributed by atoms with E-state index in [1.54, 1.807) is 0 Å². The minimum atomic E-state index is 0.0510. The van der Waals surface area contributed by atoms with E-state index in [1.807, 2.05) is 18.2 Å². The first kappa shape index (κ1) is 15.1. The monoisotopic (exact) mass is 302 g/mol. The van der Waals surface area contributed by atoms with Crippen LogP contribution in [0.4, 0.5) is 0 Å². The number of benzene rings is 1. The molecule has 106 valence electrons. The molecule has 1 saturated heterocycles. The third-order valence-corrected chi connectivity index (χ3v) is 4.36. The zero-order chi connectivity index (χ0) is 13.8. The molecule has 1 fully saturated rings. The van der Waals surface area contributed by atoms with Crippen LogP contribution in [0, 0.1) is 0 Å². The molecule has 2 atom stereocenters. The van der Waals surface area contributed by atoms with E-state index in [-0.39, 0.29) is 6.04 Å². The van der Waals surface area contributed by atoms with Gasteiger partial charge in [0.15, 0.2) is 0 Å². The lowest BCUT2D eigenvalue weighted by atomic mass is 10.0. The summed E-state index contributed by atoms with van der Waals surface area (Å²) in [5, 5.41) is 1.37. The molecule has 1 aromatic carbocycles. The van der Waals surface area contributed by atoms with Crippen LogP contribution < -0.4 is 5.73 Å². The van der Waals surface area contributed by atoms with Gasteiger partial charge in [-0.15, -0.1) is 0 Å². The highest BCUT2D eigenvalue weighted by atomic mass is 35.5. The van der Waals surface area contributed by atoms with E-state index >= 15 is 0 Å². The molecule has 0 radical (unpaired) electrons. The van der Waals surface area contributed by atoms with E-state index < -0.39 is 0 Å². The molecule has 3 nitrogen and oxygen atoms in total. The Kier molecular flexibility index (Phi) is 5.48. The Bertz CT molecular complexity index is 408. The van der Waals surface area contributed by atoms with E-state index in [9.17, 15) is 0 Å². The van der Waals surface area contributed by atoms with Crippen LogP contribution in [0.5, 0.6) is 0 Å². The smallest absolute Gasteiger partial charge is 0.0622 e. The molecule has 0 aliphatic carbocycles. The van der Waals surface area contributed by atoms with Crippen LogP contribution >= 0.6 is 23.2 Å². The summed E-state index contributed by atoms with van der Waals surface area (Å²) in [7, 11) is 0. The Labute approximate surface area is 124 Å². The molecule has 19 heavy (non-hydrogen) atoms. The number of hydrogen-bond acceptors (Lipinski definition) is 3. The summed E-state index contributed by atoms with van der Waals surface area (Å²) in [6, 6.07) is 6.02. The lowest BCUT2D eigenvalue weighted by molar-refractivity contribution is -0.0290. The lowest BCUT2D eigenvalue weighted by Gasteiger charge is -2.41. The van der Waals surface area contributed by atoms with E-state index in [0.29, 0.717) is 22.6 Å². The van der Waals surface area contributed by atoms with Gasteiger partial charge in [0.1, 0.15) is 0 Å². The number of nitrogens with two attached hydrogens (primary N) is 1. The van der Waals surface area contributed by atoms with Gasteiger partial charge < -0.3 is 10.5 Å². The van der Waals surface area contributed by atoms with Gasteiger partial charge in [-0.2, -0.15) is 0 Å². The summed E-state index contributed by atoms with van der Waals surface area (Å²) >= 11 is 12.6. The first-order valence-corrected chi connectivity index (χ1v) is 7.42. The van der Waals surface area contributed by atoms with Crippen molar-refractivity contribution < 1.29 is 4.74 Å². The molecule has 1 aliphatic rings. The van der Waals surface area contributed by atoms with Crippen molar-refractivity contribution in [3.05, 3.63) is 33.8 Å². The van der Waals surface area contributed by atoms with Gasteiger partial charge in [0.25, 0.3) is 0 Å². The van der Waals surface area contributed by atoms with Crippen LogP contribution in [0.15, 0.2) is 18.2 Å². The normalized spacial score (nSPS) is 22.4. The highest BCUT2D eigenvalue weighted by Gasteiger charge is 2.30. The maximum Gasteiger partial charge on any atom is 0.0622 e. The number of hydrogen-bond donors (Lipinski definition) is 1. The second-order valence-electron chi connectivity index (χ2n) is 4.76. The standard InChI is InChI=1S/C14H20Cl2N2O/c1-2-10-9-19-7-6-18(10)13(8-17)14-11(15)4-3-5-12(14)16/h3-5,10,13H,2,6-9,17H2,1H3. The molecule has 0 saturated carbocycles. The number of halogens is 2. The van der Waals surface area contributed by atoms with Crippen molar-refractivity contribution in [2.75, 3.05) is 26.3 Å². The van der Waals surface area contributed by atoms with Crippen LogP contribution in [-0.4, -0.2) is 37.2 Å². The van der Waals surface area contributed by atoms with Gasteiger partial charge >= 0.3 is 0 Å². The van der Waals surface area contributed by atoms with Crippen LogP contribution in [-0.2, 0) is 4.74 Å². The highest BCUT2D eigenvalue weighted by molar-refractivity contribution is 6.36. The minimum absolute atomic E-state index is 0.0510. The molecule has 1 heterocycles. The zero-order valence-corrected chi connectivity index (χ0v) is 12.6. The molecule has 1 aromatic rings. The van der Waals surface area contributed by atoms with Crippen molar-refractivity contribution in [2.45, 2.75) is 25.4 Å². The van der Waals surface area contributed by atoms with Crippen molar-refractivity contribution in [3.8, 4) is 0 Å². The van der Waals surface area contributed by atoms with Crippen LogP contribution in [0.2, 0.25) is 10.0 Å². The second-order valence-corrected chi connectivity index (χ2v) is 5.58. The van der Waals surface area contributed by atoms with Gasteiger partial charge in [-0.25, -0.2) is 0 Å². The summed E-state index contributed by atoms with van der Waals surface area (Å²) in [5.41, 5.74) is 6.93. The molecular formula is C14H20Cl2N2O. The summed E-state index contributed by atoms with van der Waals surface area (Å²) in [6.07, 6.45) is 1.03. The molecular weight excluding hydrogens is 283 g/mol. The summed E-state index contributed by atoms with van der Waals surface area (Å²) in [6.45, 7) is 5.00. The van der Waals surface area contributed by atoms with E-state index in [0.717, 1.165) is 31.7 Å². The molecule has 0 amide bonds. The lowest BCUT2D eigenvalue weighted by Crippen LogP contribution is -2.48. The molecule has 0 bridgehead atoms. The topological polar surface area (TPSA) is 38.5 Å². The second kappa shape index (κ2) is 6.91. The average Bonchev–Trinajstić information content (AvgIpc) is 2.43. The van der Waals surface area contributed by atoms with Crippen molar-refractivity contribution in [2.24, 2.45) is 5.73 Å². The molecule has 1 aliphatic heterocycles. The van der Waals surface area contributed by atoms with Crippen molar-refractivity contribution in [1.29, 1.82) is 0 Å².